The number of nitrogens with zero attached hydrogens (tertiary/aromatic N) is 3. The summed E-state index contributed by atoms with van der Waals surface area (Å²) in [6.07, 6.45) is 2.71. The summed E-state index contributed by atoms with van der Waals surface area (Å²) in [5.41, 5.74) is 0.592. The number of benzene rings is 2. The molecule has 1 N–H and O–H groups in total. The highest BCUT2D eigenvalue weighted by atomic mass is 19.1. The van der Waals surface area contributed by atoms with Crippen LogP contribution < -0.4 is 10.1 Å². The smallest absolute Gasteiger partial charge is 0.262 e. The zero-order chi connectivity index (χ0) is 16.1. The van der Waals surface area contributed by atoms with Crippen molar-refractivity contribution < 1.29 is 13.9 Å². The van der Waals surface area contributed by atoms with E-state index >= 15 is 0 Å². The third-order valence-electron chi connectivity index (χ3n) is 3.01. The lowest BCUT2D eigenvalue weighted by Crippen LogP contribution is -2.20. The van der Waals surface area contributed by atoms with Crippen LogP contribution in [0.3, 0.4) is 0 Å². The Bertz CT molecular complexity index is 791. The van der Waals surface area contributed by atoms with Crippen molar-refractivity contribution in [3.8, 4) is 11.4 Å². The quantitative estimate of drug-likeness (QED) is 0.785. The molecule has 23 heavy (non-hydrogen) atoms. The molecule has 0 saturated heterocycles. The Morgan fingerprint density at radius 1 is 1.22 bits per heavy atom. The van der Waals surface area contributed by atoms with Gasteiger partial charge in [-0.05, 0) is 30.3 Å². The minimum Gasteiger partial charge on any atom is -0.484 e. The van der Waals surface area contributed by atoms with E-state index in [2.05, 4.69) is 15.4 Å². The van der Waals surface area contributed by atoms with Gasteiger partial charge in [0.25, 0.3) is 5.91 Å². The van der Waals surface area contributed by atoms with E-state index in [1.807, 2.05) is 18.2 Å². The number of halogens is 1. The molecule has 1 amide bonds. The summed E-state index contributed by atoms with van der Waals surface area (Å²) >= 11 is 0. The van der Waals surface area contributed by atoms with E-state index in [4.69, 9.17) is 4.74 Å². The third-order valence-corrected chi connectivity index (χ3v) is 3.01. The van der Waals surface area contributed by atoms with Crippen molar-refractivity contribution in [3.05, 3.63) is 67.0 Å². The second-order valence-corrected chi connectivity index (χ2v) is 4.66. The summed E-state index contributed by atoms with van der Waals surface area (Å²) in [7, 11) is 0. The van der Waals surface area contributed by atoms with Crippen LogP contribution in [0.4, 0.5) is 10.1 Å². The maximum Gasteiger partial charge on any atom is 0.262 e. The van der Waals surface area contributed by atoms with Gasteiger partial charge in [-0.3, -0.25) is 4.79 Å². The van der Waals surface area contributed by atoms with Crippen LogP contribution in [-0.4, -0.2) is 27.3 Å². The number of ether oxygens (including phenoxy) is 1. The van der Waals surface area contributed by atoms with Crippen molar-refractivity contribution in [2.24, 2.45) is 0 Å². The van der Waals surface area contributed by atoms with Crippen molar-refractivity contribution in [1.82, 2.24) is 14.8 Å². The molecule has 0 saturated carbocycles. The van der Waals surface area contributed by atoms with Gasteiger partial charge in [0, 0.05) is 5.69 Å². The van der Waals surface area contributed by atoms with Gasteiger partial charge in [-0.2, -0.15) is 5.10 Å². The average molecular weight is 312 g/mol. The standard InChI is InChI=1S/C16H13FN4O2/c17-14-8-12(6-7-15(14)21-11-18-10-19-21)20-16(22)9-23-13-4-2-1-3-5-13/h1-8,10-11H,9H2,(H,20,22). The first kappa shape index (κ1) is 14.7. The largest absolute Gasteiger partial charge is 0.484 e. The minimum absolute atomic E-state index is 0.156. The van der Waals surface area contributed by atoms with Gasteiger partial charge in [0.1, 0.15) is 24.1 Å². The van der Waals surface area contributed by atoms with E-state index in [0.29, 0.717) is 11.4 Å². The molecule has 3 rings (SSSR count). The fourth-order valence-corrected chi connectivity index (χ4v) is 1.97. The molecule has 0 radical (unpaired) electrons. The van der Waals surface area contributed by atoms with Crippen molar-refractivity contribution in [2.45, 2.75) is 0 Å². The zero-order valence-electron chi connectivity index (χ0n) is 12.0. The second kappa shape index (κ2) is 6.69. The Kier molecular flexibility index (Phi) is 4.28. The Labute approximate surface area is 131 Å². The second-order valence-electron chi connectivity index (χ2n) is 4.66. The Hall–Kier alpha value is -3.22. The summed E-state index contributed by atoms with van der Waals surface area (Å²) in [6.45, 7) is -0.156. The molecule has 3 aromatic rings. The predicted octanol–water partition coefficient (Wildman–Crippen LogP) is 2.42. The average Bonchev–Trinajstić information content (AvgIpc) is 3.08. The first-order chi connectivity index (χ1) is 11.2. The van der Waals surface area contributed by atoms with Gasteiger partial charge in [-0.1, -0.05) is 18.2 Å². The predicted molar refractivity (Wildman–Crippen MR) is 81.9 cm³/mol. The Balaban J connectivity index is 1.62. The van der Waals surface area contributed by atoms with Crippen LogP contribution >= 0.6 is 0 Å². The SMILES string of the molecule is O=C(COc1ccccc1)Nc1ccc(-n2cncn2)c(F)c1. The van der Waals surface area contributed by atoms with E-state index in [9.17, 15) is 9.18 Å². The van der Waals surface area contributed by atoms with Crippen LogP contribution in [0.15, 0.2) is 61.2 Å². The van der Waals surface area contributed by atoms with Crippen LogP contribution in [0, 0.1) is 5.82 Å². The molecule has 1 aromatic heterocycles. The normalized spacial score (nSPS) is 10.3. The van der Waals surface area contributed by atoms with E-state index in [1.165, 1.54) is 29.5 Å². The molecule has 0 aliphatic carbocycles. The van der Waals surface area contributed by atoms with Crippen LogP contribution in [0.1, 0.15) is 0 Å². The van der Waals surface area contributed by atoms with Gasteiger partial charge in [0.15, 0.2) is 12.4 Å². The highest BCUT2D eigenvalue weighted by Crippen LogP contribution is 2.17. The molecule has 0 spiro atoms. The lowest BCUT2D eigenvalue weighted by Gasteiger charge is -2.09. The molecule has 0 aliphatic rings. The van der Waals surface area contributed by atoms with Gasteiger partial charge in [0.05, 0.1) is 0 Å². The number of aromatic nitrogens is 3. The molecule has 116 valence electrons. The number of hydrogen-bond donors (Lipinski definition) is 1. The zero-order valence-corrected chi connectivity index (χ0v) is 12.0. The number of nitrogens with one attached hydrogen (secondary N) is 1. The third kappa shape index (κ3) is 3.70. The van der Waals surface area contributed by atoms with Crippen molar-refractivity contribution in [2.75, 3.05) is 11.9 Å². The first-order valence-electron chi connectivity index (χ1n) is 6.84. The van der Waals surface area contributed by atoms with Crippen molar-refractivity contribution in [1.29, 1.82) is 0 Å². The molecule has 6 nitrogen and oxygen atoms in total. The summed E-state index contributed by atoms with van der Waals surface area (Å²) in [6, 6.07) is 13.3. The van der Waals surface area contributed by atoms with Gasteiger partial charge >= 0.3 is 0 Å². The molecule has 0 aliphatic heterocycles. The fourth-order valence-electron chi connectivity index (χ4n) is 1.97. The van der Waals surface area contributed by atoms with Crippen LogP contribution in [0.25, 0.3) is 5.69 Å². The monoisotopic (exact) mass is 312 g/mol. The van der Waals surface area contributed by atoms with E-state index < -0.39 is 5.82 Å². The topological polar surface area (TPSA) is 69.0 Å². The Morgan fingerprint density at radius 2 is 2.04 bits per heavy atom. The summed E-state index contributed by atoms with van der Waals surface area (Å²) in [5.74, 6) is -0.297. The number of hydrogen-bond acceptors (Lipinski definition) is 4. The molecule has 2 aromatic carbocycles. The fraction of sp³-hybridized carbons (Fsp3) is 0.0625. The highest BCUT2D eigenvalue weighted by Gasteiger charge is 2.09. The van der Waals surface area contributed by atoms with Crippen LogP contribution in [0.2, 0.25) is 0 Å². The molecular formula is C16H13FN4O2. The molecule has 0 unspecified atom stereocenters. The number of anilines is 1. The van der Waals surface area contributed by atoms with Gasteiger partial charge in [-0.25, -0.2) is 14.1 Å². The minimum atomic E-state index is -0.516. The van der Waals surface area contributed by atoms with Gasteiger partial charge < -0.3 is 10.1 Å². The van der Waals surface area contributed by atoms with Crippen LogP contribution in [-0.2, 0) is 4.79 Å². The maximum absolute atomic E-state index is 14.0. The van der Waals surface area contributed by atoms with Crippen molar-refractivity contribution >= 4 is 11.6 Å². The van der Waals surface area contributed by atoms with E-state index in [-0.39, 0.29) is 18.2 Å². The van der Waals surface area contributed by atoms with Crippen LogP contribution in [0.5, 0.6) is 5.75 Å². The lowest BCUT2D eigenvalue weighted by molar-refractivity contribution is -0.118. The number of carbonyl (C=O) groups excluding carboxylic acids is 1. The van der Waals surface area contributed by atoms with Gasteiger partial charge in [0.2, 0.25) is 0 Å². The molecule has 0 atom stereocenters. The Morgan fingerprint density at radius 3 is 2.74 bits per heavy atom. The summed E-state index contributed by atoms with van der Waals surface area (Å²) in [4.78, 5) is 15.6. The summed E-state index contributed by atoms with van der Waals surface area (Å²) in [5, 5.41) is 6.44. The number of para-hydroxylation sites is 1. The number of amides is 1. The molecule has 7 heteroatoms. The lowest BCUT2D eigenvalue weighted by atomic mass is 10.2. The van der Waals surface area contributed by atoms with E-state index in [0.717, 1.165) is 0 Å². The number of carbonyl (C=O) groups is 1. The van der Waals surface area contributed by atoms with E-state index in [1.54, 1.807) is 18.2 Å². The molecule has 1 heterocycles. The first-order valence-corrected chi connectivity index (χ1v) is 6.84. The molecule has 0 bridgehead atoms. The molecule has 0 fully saturated rings. The highest BCUT2D eigenvalue weighted by molar-refractivity contribution is 5.91. The molecular weight excluding hydrogens is 299 g/mol. The summed E-state index contributed by atoms with van der Waals surface area (Å²) < 4.78 is 20.7. The maximum atomic E-state index is 14.0. The van der Waals surface area contributed by atoms with Gasteiger partial charge in [-0.15, -0.1) is 0 Å². The number of rotatable bonds is 5. The van der Waals surface area contributed by atoms with Crippen molar-refractivity contribution in [3.63, 3.8) is 0 Å².